The number of piperidine rings is 1. The maximum atomic E-state index is 12.9. The number of methoxy groups -OCH3 is 1. The Kier molecular flexibility index (Phi) is 6.82. The maximum absolute atomic E-state index is 12.9. The molecule has 1 N–H and O–H groups in total. The number of carbonyl (C=O) groups is 3. The molecule has 2 aliphatic rings. The smallest absolute Gasteiger partial charge is 0.268 e. The van der Waals surface area contributed by atoms with Gasteiger partial charge in [-0.25, -0.2) is 0 Å². The van der Waals surface area contributed by atoms with Crippen molar-refractivity contribution in [2.75, 3.05) is 37.0 Å². The largest absolute Gasteiger partial charge is 0.497 e. The molecule has 0 aliphatic carbocycles. The highest BCUT2D eigenvalue weighted by Crippen LogP contribution is 2.36. The number of hydrogen-bond donors (Lipinski definition) is 1. The second kappa shape index (κ2) is 9.94. The van der Waals surface area contributed by atoms with E-state index in [1.807, 2.05) is 29.2 Å². The van der Waals surface area contributed by atoms with E-state index in [4.69, 9.17) is 9.47 Å². The minimum Gasteiger partial charge on any atom is -0.497 e. The van der Waals surface area contributed by atoms with Crippen LogP contribution in [0.2, 0.25) is 0 Å². The molecule has 0 radical (unpaired) electrons. The Balaban J connectivity index is 1.48. The molecule has 2 aromatic rings. The van der Waals surface area contributed by atoms with E-state index in [0.29, 0.717) is 17.1 Å². The summed E-state index contributed by atoms with van der Waals surface area (Å²) in [5, 5.41) is 2.87. The predicted octanol–water partition coefficient (Wildman–Crippen LogP) is 3.00. The van der Waals surface area contributed by atoms with Crippen molar-refractivity contribution in [3.05, 3.63) is 48.0 Å². The van der Waals surface area contributed by atoms with Gasteiger partial charge in [0.15, 0.2) is 6.10 Å². The van der Waals surface area contributed by atoms with Crippen LogP contribution in [-0.4, -0.2) is 55.5 Å². The molecule has 2 aromatic carbocycles. The third-order valence-corrected chi connectivity index (χ3v) is 5.98. The number of nitrogens with zero attached hydrogens (tertiary/aromatic N) is 2. The van der Waals surface area contributed by atoms with Crippen LogP contribution >= 0.6 is 0 Å². The zero-order valence-electron chi connectivity index (χ0n) is 19.0. The van der Waals surface area contributed by atoms with Gasteiger partial charge < -0.3 is 19.7 Å². The van der Waals surface area contributed by atoms with Gasteiger partial charge in [0.2, 0.25) is 11.8 Å². The van der Waals surface area contributed by atoms with Crippen molar-refractivity contribution in [1.82, 2.24) is 4.90 Å². The molecule has 4 rings (SSSR count). The Morgan fingerprint density at radius 3 is 2.52 bits per heavy atom. The van der Waals surface area contributed by atoms with Crippen LogP contribution in [0.1, 0.15) is 31.7 Å². The first-order valence-electron chi connectivity index (χ1n) is 11.3. The standard InChI is InChI=1S/C25H29N3O5/c1-17-25(31)28(16-24(30)27-12-4-3-5-13-27)21-15-19(8-11-22(21)33-17)26-23(29)14-18-6-9-20(32-2)10-7-18/h6-11,15,17H,3-5,12-14,16H2,1-2H3,(H,26,29). The Labute approximate surface area is 193 Å². The van der Waals surface area contributed by atoms with Crippen molar-refractivity contribution in [1.29, 1.82) is 0 Å². The third-order valence-electron chi connectivity index (χ3n) is 5.98. The van der Waals surface area contributed by atoms with Crippen LogP contribution in [0, 0.1) is 0 Å². The lowest BCUT2D eigenvalue weighted by molar-refractivity contribution is -0.133. The van der Waals surface area contributed by atoms with Crippen molar-refractivity contribution in [2.24, 2.45) is 0 Å². The third kappa shape index (κ3) is 5.27. The van der Waals surface area contributed by atoms with Gasteiger partial charge in [0.25, 0.3) is 5.91 Å². The van der Waals surface area contributed by atoms with Gasteiger partial charge >= 0.3 is 0 Å². The zero-order chi connectivity index (χ0) is 23.4. The van der Waals surface area contributed by atoms with Gasteiger partial charge in [-0.15, -0.1) is 0 Å². The second-order valence-corrected chi connectivity index (χ2v) is 8.38. The van der Waals surface area contributed by atoms with E-state index in [1.165, 1.54) is 4.90 Å². The topological polar surface area (TPSA) is 88.2 Å². The Hall–Kier alpha value is -3.55. The first-order chi connectivity index (χ1) is 15.9. The average Bonchev–Trinajstić information content (AvgIpc) is 2.83. The Morgan fingerprint density at radius 1 is 1.09 bits per heavy atom. The normalized spacial score (nSPS) is 17.8. The number of rotatable bonds is 6. The number of ether oxygens (including phenoxy) is 2. The highest BCUT2D eigenvalue weighted by molar-refractivity contribution is 6.04. The van der Waals surface area contributed by atoms with E-state index in [9.17, 15) is 14.4 Å². The van der Waals surface area contributed by atoms with Gasteiger partial charge in [-0.1, -0.05) is 12.1 Å². The van der Waals surface area contributed by atoms with E-state index in [-0.39, 0.29) is 30.7 Å². The van der Waals surface area contributed by atoms with Crippen molar-refractivity contribution in [3.8, 4) is 11.5 Å². The lowest BCUT2D eigenvalue weighted by Crippen LogP contribution is -2.50. The van der Waals surface area contributed by atoms with Crippen LogP contribution in [0.3, 0.4) is 0 Å². The van der Waals surface area contributed by atoms with Gasteiger partial charge in [0.05, 0.1) is 19.2 Å². The fourth-order valence-electron chi connectivity index (χ4n) is 4.16. The van der Waals surface area contributed by atoms with Gasteiger partial charge in [-0.05, 0) is 62.1 Å². The highest BCUT2D eigenvalue weighted by Gasteiger charge is 2.34. The quantitative estimate of drug-likeness (QED) is 0.730. The average molecular weight is 452 g/mol. The zero-order valence-corrected chi connectivity index (χ0v) is 19.0. The summed E-state index contributed by atoms with van der Waals surface area (Å²) in [4.78, 5) is 41.6. The van der Waals surface area contributed by atoms with E-state index in [2.05, 4.69) is 5.32 Å². The fraction of sp³-hybridized carbons (Fsp3) is 0.400. The monoisotopic (exact) mass is 451 g/mol. The van der Waals surface area contributed by atoms with Crippen LogP contribution < -0.4 is 19.7 Å². The molecule has 0 bridgehead atoms. The molecule has 1 saturated heterocycles. The molecule has 0 saturated carbocycles. The molecular weight excluding hydrogens is 422 g/mol. The van der Waals surface area contributed by atoms with E-state index >= 15 is 0 Å². The molecule has 2 aliphatic heterocycles. The number of hydrogen-bond acceptors (Lipinski definition) is 5. The van der Waals surface area contributed by atoms with Crippen molar-refractivity contribution >= 4 is 29.1 Å². The van der Waals surface area contributed by atoms with Crippen molar-refractivity contribution in [3.63, 3.8) is 0 Å². The Morgan fingerprint density at radius 2 is 1.82 bits per heavy atom. The molecule has 8 heteroatoms. The molecule has 3 amide bonds. The molecule has 1 unspecified atom stereocenters. The molecule has 2 heterocycles. The maximum Gasteiger partial charge on any atom is 0.268 e. The molecule has 0 spiro atoms. The molecule has 8 nitrogen and oxygen atoms in total. The molecule has 33 heavy (non-hydrogen) atoms. The molecule has 0 aromatic heterocycles. The fourth-order valence-corrected chi connectivity index (χ4v) is 4.16. The minimum absolute atomic E-state index is 0.0389. The predicted molar refractivity (Wildman–Crippen MR) is 125 cm³/mol. The highest BCUT2D eigenvalue weighted by atomic mass is 16.5. The summed E-state index contributed by atoms with van der Waals surface area (Å²) in [6.45, 7) is 3.08. The summed E-state index contributed by atoms with van der Waals surface area (Å²) in [7, 11) is 1.59. The molecule has 1 atom stereocenters. The SMILES string of the molecule is COc1ccc(CC(=O)Nc2ccc3c(c2)N(CC(=O)N2CCCCC2)C(=O)C(C)O3)cc1. The summed E-state index contributed by atoms with van der Waals surface area (Å²) < 4.78 is 10.9. The van der Waals surface area contributed by atoms with Gasteiger partial charge in [-0.3, -0.25) is 19.3 Å². The number of benzene rings is 2. The van der Waals surface area contributed by atoms with Crippen molar-refractivity contribution in [2.45, 2.75) is 38.7 Å². The summed E-state index contributed by atoms with van der Waals surface area (Å²) in [5.74, 6) is 0.715. The van der Waals surface area contributed by atoms with Gasteiger partial charge in [0.1, 0.15) is 18.0 Å². The minimum atomic E-state index is -0.679. The van der Waals surface area contributed by atoms with E-state index < -0.39 is 6.10 Å². The van der Waals surface area contributed by atoms with Crippen LogP contribution in [0.5, 0.6) is 11.5 Å². The Bertz CT molecular complexity index is 1030. The van der Waals surface area contributed by atoms with E-state index in [0.717, 1.165) is 43.7 Å². The number of likely N-dealkylation sites (tertiary alicyclic amines) is 1. The van der Waals surface area contributed by atoms with E-state index in [1.54, 1.807) is 32.2 Å². The molecule has 1 fully saturated rings. The first kappa shape index (κ1) is 22.6. The molecular formula is C25H29N3O5. The number of fused-ring (bicyclic) bond motifs is 1. The number of nitrogens with one attached hydrogen (secondary N) is 1. The number of carbonyl (C=O) groups excluding carboxylic acids is 3. The van der Waals surface area contributed by atoms with Crippen LogP contribution in [0.25, 0.3) is 0 Å². The number of amides is 3. The summed E-state index contributed by atoms with van der Waals surface area (Å²) >= 11 is 0. The summed E-state index contributed by atoms with van der Waals surface area (Å²) in [5.41, 5.74) is 1.88. The van der Waals surface area contributed by atoms with Crippen LogP contribution in [0.4, 0.5) is 11.4 Å². The lowest BCUT2D eigenvalue weighted by atomic mass is 10.1. The van der Waals surface area contributed by atoms with Crippen molar-refractivity contribution < 1.29 is 23.9 Å². The van der Waals surface area contributed by atoms with Crippen LogP contribution in [0.15, 0.2) is 42.5 Å². The molecule has 174 valence electrons. The first-order valence-corrected chi connectivity index (χ1v) is 11.3. The van der Waals surface area contributed by atoms with Crippen LogP contribution in [-0.2, 0) is 20.8 Å². The number of anilines is 2. The second-order valence-electron chi connectivity index (χ2n) is 8.38. The summed E-state index contributed by atoms with van der Waals surface area (Å²) in [6.07, 6.45) is 2.62. The van der Waals surface area contributed by atoms with Gasteiger partial charge in [-0.2, -0.15) is 0 Å². The summed E-state index contributed by atoms with van der Waals surface area (Å²) in [6, 6.07) is 12.4. The lowest BCUT2D eigenvalue weighted by Gasteiger charge is -2.35. The van der Waals surface area contributed by atoms with Gasteiger partial charge in [0, 0.05) is 18.8 Å².